The van der Waals surface area contributed by atoms with Gasteiger partial charge in [0.15, 0.2) is 0 Å². The summed E-state index contributed by atoms with van der Waals surface area (Å²) in [7, 11) is -3.99. The van der Waals surface area contributed by atoms with E-state index in [2.05, 4.69) is 0 Å². The van der Waals surface area contributed by atoms with E-state index in [1.165, 1.54) is 29.4 Å². The highest BCUT2D eigenvalue weighted by atomic mass is 32.2. The van der Waals surface area contributed by atoms with E-state index < -0.39 is 27.6 Å². The normalized spacial score (nSPS) is 15.0. The number of rotatable bonds is 6. The molecule has 1 aromatic heterocycles. The number of aromatic carboxylic acids is 1. The molecular formula is C16H16FNO5S. The number of nitrogens with zero attached hydrogens (tertiary/aromatic N) is 1. The SMILES string of the molecule is Cc1oc(C(=O)O)cc1S(=O)(=O)N(Cc1ccccc1F)C1CC1. The third-order valence-electron chi connectivity index (χ3n) is 3.91. The summed E-state index contributed by atoms with van der Waals surface area (Å²) in [5, 5.41) is 8.97. The van der Waals surface area contributed by atoms with Gasteiger partial charge in [-0.3, -0.25) is 0 Å². The van der Waals surface area contributed by atoms with Gasteiger partial charge in [-0.2, -0.15) is 4.31 Å². The largest absolute Gasteiger partial charge is 0.475 e. The highest BCUT2D eigenvalue weighted by Crippen LogP contribution is 2.35. The van der Waals surface area contributed by atoms with Gasteiger partial charge in [-0.25, -0.2) is 17.6 Å². The smallest absolute Gasteiger partial charge is 0.371 e. The number of sulfonamides is 1. The molecule has 3 rings (SSSR count). The van der Waals surface area contributed by atoms with Crippen LogP contribution in [0, 0.1) is 12.7 Å². The van der Waals surface area contributed by atoms with Crippen molar-refractivity contribution < 1.29 is 27.1 Å². The minimum absolute atomic E-state index is 0.00610. The van der Waals surface area contributed by atoms with Crippen LogP contribution in [-0.4, -0.2) is 29.8 Å². The minimum atomic E-state index is -3.99. The molecule has 1 heterocycles. The highest BCUT2D eigenvalue weighted by molar-refractivity contribution is 7.89. The van der Waals surface area contributed by atoms with Crippen LogP contribution >= 0.6 is 0 Å². The molecule has 1 fully saturated rings. The number of benzene rings is 1. The van der Waals surface area contributed by atoms with Crippen LogP contribution in [-0.2, 0) is 16.6 Å². The zero-order valence-electron chi connectivity index (χ0n) is 12.9. The summed E-state index contributed by atoms with van der Waals surface area (Å²) >= 11 is 0. The van der Waals surface area contributed by atoms with Gasteiger partial charge >= 0.3 is 5.97 Å². The van der Waals surface area contributed by atoms with Crippen LogP contribution < -0.4 is 0 Å². The first-order chi connectivity index (χ1) is 11.3. The van der Waals surface area contributed by atoms with Crippen molar-refractivity contribution in [1.82, 2.24) is 4.31 Å². The predicted octanol–water partition coefficient (Wildman–Crippen LogP) is 2.78. The number of carbonyl (C=O) groups is 1. The Morgan fingerprint density at radius 2 is 2.04 bits per heavy atom. The number of carboxylic acids is 1. The molecule has 0 unspecified atom stereocenters. The summed E-state index contributed by atoms with van der Waals surface area (Å²) in [6.45, 7) is 1.29. The van der Waals surface area contributed by atoms with Gasteiger partial charge in [0, 0.05) is 24.2 Å². The molecule has 0 spiro atoms. The van der Waals surface area contributed by atoms with E-state index in [1.54, 1.807) is 6.07 Å². The van der Waals surface area contributed by atoms with Crippen LogP contribution in [0.15, 0.2) is 39.6 Å². The number of aryl methyl sites for hydroxylation is 1. The van der Waals surface area contributed by atoms with E-state index in [1.807, 2.05) is 0 Å². The van der Waals surface area contributed by atoms with Gasteiger partial charge in [0.1, 0.15) is 16.5 Å². The number of furan rings is 1. The van der Waals surface area contributed by atoms with Gasteiger partial charge in [0.25, 0.3) is 0 Å². The lowest BCUT2D eigenvalue weighted by atomic mass is 10.2. The van der Waals surface area contributed by atoms with Crippen LogP contribution in [0.1, 0.15) is 34.7 Å². The maximum Gasteiger partial charge on any atom is 0.371 e. The standard InChI is InChI=1S/C16H16FNO5S/c1-10-15(8-14(23-10)16(19)20)24(21,22)18(12-6-7-12)9-11-4-2-3-5-13(11)17/h2-5,8,12H,6-7,9H2,1H3,(H,19,20). The molecule has 0 bridgehead atoms. The molecule has 24 heavy (non-hydrogen) atoms. The molecule has 0 saturated heterocycles. The number of carboxylic acid groups (broad SMARTS) is 1. The number of halogens is 1. The molecule has 1 aliphatic rings. The molecule has 2 aromatic rings. The summed E-state index contributed by atoms with van der Waals surface area (Å²) in [6, 6.07) is 6.78. The fourth-order valence-electron chi connectivity index (χ4n) is 2.52. The Morgan fingerprint density at radius 1 is 1.38 bits per heavy atom. The molecule has 1 aromatic carbocycles. The van der Waals surface area contributed by atoms with Crippen molar-refractivity contribution in [2.75, 3.05) is 0 Å². The summed E-state index contributed by atoms with van der Waals surface area (Å²) in [4.78, 5) is 10.8. The Bertz CT molecular complexity index is 886. The van der Waals surface area contributed by atoms with Gasteiger partial charge in [-0.05, 0) is 25.8 Å². The first kappa shape index (κ1) is 16.7. The molecule has 1 N–H and O–H groups in total. The van der Waals surface area contributed by atoms with Crippen molar-refractivity contribution in [3.63, 3.8) is 0 Å². The second-order valence-corrected chi connectivity index (χ2v) is 7.57. The lowest BCUT2D eigenvalue weighted by Gasteiger charge is -2.21. The lowest BCUT2D eigenvalue weighted by molar-refractivity contribution is 0.0661. The molecule has 128 valence electrons. The maximum atomic E-state index is 13.9. The predicted molar refractivity (Wildman–Crippen MR) is 82.6 cm³/mol. The van der Waals surface area contributed by atoms with Crippen LogP contribution in [0.4, 0.5) is 4.39 Å². The van der Waals surface area contributed by atoms with Crippen molar-refractivity contribution in [3.05, 3.63) is 53.2 Å². The third-order valence-corrected chi connectivity index (χ3v) is 5.91. The molecule has 1 saturated carbocycles. The topological polar surface area (TPSA) is 87.8 Å². The fourth-order valence-corrected chi connectivity index (χ4v) is 4.35. The maximum absolute atomic E-state index is 13.9. The number of hydrogen-bond donors (Lipinski definition) is 1. The second kappa shape index (κ2) is 6.03. The molecule has 0 amide bonds. The number of hydrogen-bond acceptors (Lipinski definition) is 4. The zero-order valence-corrected chi connectivity index (χ0v) is 13.7. The van der Waals surface area contributed by atoms with E-state index in [9.17, 15) is 17.6 Å². The summed E-state index contributed by atoms with van der Waals surface area (Å²) in [5.41, 5.74) is 0.271. The van der Waals surface area contributed by atoms with Crippen molar-refractivity contribution in [1.29, 1.82) is 0 Å². The molecule has 6 nitrogen and oxygen atoms in total. The third kappa shape index (κ3) is 3.07. The summed E-state index contributed by atoms with van der Waals surface area (Å²) < 4.78 is 46.0. The van der Waals surface area contributed by atoms with E-state index in [0.717, 1.165) is 6.07 Å². The molecule has 1 aliphatic carbocycles. The first-order valence-electron chi connectivity index (χ1n) is 7.39. The Morgan fingerprint density at radius 3 is 2.58 bits per heavy atom. The van der Waals surface area contributed by atoms with Crippen molar-refractivity contribution in [2.45, 2.75) is 37.2 Å². The molecule has 8 heteroatoms. The van der Waals surface area contributed by atoms with Crippen LogP contribution in [0.5, 0.6) is 0 Å². The second-order valence-electron chi connectivity index (χ2n) is 5.71. The summed E-state index contributed by atoms with van der Waals surface area (Å²) in [6.07, 6.45) is 1.38. The molecule has 0 radical (unpaired) electrons. The van der Waals surface area contributed by atoms with Crippen LogP contribution in [0.2, 0.25) is 0 Å². The Labute approximate surface area is 138 Å². The Hall–Kier alpha value is -2.19. The molecule has 0 aliphatic heterocycles. The lowest BCUT2D eigenvalue weighted by Crippen LogP contribution is -2.33. The van der Waals surface area contributed by atoms with Gasteiger partial charge in [0.2, 0.25) is 15.8 Å². The van der Waals surface area contributed by atoms with Gasteiger partial charge in [0.05, 0.1) is 0 Å². The van der Waals surface area contributed by atoms with E-state index in [-0.39, 0.29) is 28.8 Å². The van der Waals surface area contributed by atoms with E-state index in [4.69, 9.17) is 9.52 Å². The van der Waals surface area contributed by atoms with Crippen LogP contribution in [0.25, 0.3) is 0 Å². The van der Waals surface area contributed by atoms with E-state index in [0.29, 0.717) is 12.8 Å². The van der Waals surface area contributed by atoms with E-state index >= 15 is 0 Å². The average molecular weight is 353 g/mol. The summed E-state index contributed by atoms with van der Waals surface area (Å²) in [5.74, 6) is -2.25. The van der Waals surface area contributed by atoms with Gasteiger partial charge < -0.3 is 9.52 Å². The van der Waals surface area contributed by atoms with Crippen molar-refractivity contribution in [3.8, 4) is 0 Å². The van der Waals surface area contributed by atoms with Gasteiger partial charge in [-0.1, -0.05) is 18.2 Å². The monoisotopic (exact) mass is 353 g/mol. The fraction of sp³-hybridized carbons (Fsp3) is 0.312. The van der Waals surface area contributed by atoms with Crippen molar-refractivity contribution >= 4 is 16.0 Å². The Kier molecular flexibility index (Phi) is 4.18. The average Bonchev–Trinajstić information content (AvgIpc) is 3.26. The quantitative estimate of drug-likeness (QED) is 0.863. The van der Waals surface area contributed by atoms with Crippen molar-refractivity contribution in [2.24, 2.45) is 0 Å². The minimum Gasteiger partial charge on any atom is -0.475 e. The Balaban J connectivity index is 1.99. The first-order valence-corrected chi connectivity index (χ1v) is 8.83. The molecular weight excluding hydrogens is 337 g/mol. The van der Waals surface area contributed by atoms with Gasteiger partial charge in [-0.15, -0.1) is 0 Å². The molecule has 0 atom stereocenters. The zero-order chi connectivity index (χ0) is 17.5. The van der Waals surface area contributed by atoms with Crippen LogP contribution in [0.3, 0.4) is 0 Å². The highest BCUT2D eigenvalue weighted by Gasteiger charge is 2.40.